The summed E-state index contributed by atoms with van der Waals surface area (Å²) in [5.74, 6) is -0.892. The second-order valence-corrected chi connectivity index (χ2v) is 4.22. The summed E-state index contributed by atoms with van der Waals surface area (Å²) in [4.78, 5) is 22.7. The number of carbonyl (C=O) groups is 2. The molecule has 0 aliphatic rings. The lowest BCUT2D eigenvalue weighted by Crippen LogP contribution is -2.32. The standard InChI is InChI=1S/C12H17BN2O5/c1-20-12(17)10(14)5-6-11(16)15-9-4-2-3-8(7-9)13(18)19/h2-4,7,10,18-19H,5-6,14H2,1H3,(H,15,16)/t10-/m0/s1. The Morgan fingerprint density at radius 2 is 2.15 bits per heavy atom. The van der Waals surface area contributed by atoms with E-state index in [-0.39, 0.29) is 24.2 Å². The van der Waals surface area contributed by atoms with Gasteiger partial charge in [0.25, 0.3) is 0 Å². The minimum absolute atomic E-state index is 0.0577. The van der Waals surface area contributed by atoms with E-state index in [1.807, 2.05) is 0 Å². The molecule has 1 atom stereocenters. The second-order valence-electron chi connectivity index (χ2n) is 4.22. The monoisotopic (exact) mass is 280 g/mol. The first-order chi connectivity index (χ1) is 9.43. The van der Waals surface area contributed by atoms with E-state index in [1.54, 1.807) is 12.1 Å². The zero-order valence-corrected chi connectivity index (χ0v) is 11.1. The molecular formula is C12H17BN2O5. The van der Waals surface area contributed by atoms with Crippen molar-refractivity contribution in [2.75, 3.05) is 12.4 Å². The fourth-order valence-electron chi connectivity index (χ4n) is 1.56. The van der Waals surface area contributed by atoms with Crippen molar-refractivity contribution in [3.05, 3.63) is 24.3 Å². The minimum Gasteiger partial charge on any atom is -0.468 e. The van der Waals surface area contributed by atoms with Crippen molar-refractivity contribution in [1.29, 1.82) is 0 Å². The van der Waals surface area contributed by atoms with E-state index in [4.69, 9.17) is 15.8 Å². The number of nitrogens with two attached hydrogens (primary N) is 1. The molecular weight excluding hydrogens is 263 g/mol. The molecule has 0 aliphatic carbocycles. The summed E-state index contributed by atoms with van der Waals surface area (Å²) in [7, 11) is -0.367. The number of carbonyl (C=O) groups excluding carboxylic acids is 2. The van der Waals surface area contributed by atoms with E-state index in [2.05, 4.69) is 10.1 Å². The van der Waals surface area contributed by atoms with Crippen LogP contribution in [-0.4, -0.2) is 42.2 Å². The lowest BCUT2D eigenvalue weighted by Gasteiger charge is -2.10. The fourth-order valence-corrected chi connectivity index (χ4v) is 1.56. The lowest BCUT2D eigenvalue weighted by atomic mass is 9.80. The van der Waals surface area contributed by atoms with Crippen molar-refractivity contribution in [2.45, 2.75) is 18.9 Å². The number of hydrogen-bond acceptors (Lipinski definition) is 6. The van der Waals surface area contributed by atoms with Crippen LogP contribution in [0.1, 0.15) is 12.8 Å². The van der Waals surface area contributed by atoms with Crippen LogP contribution in [0.2, 0.25) is 0 Å². The third-order valence-corrected chi connectivity index (χ3v) is 2.65. The van der Waals surface area contributed by atoms with Gasteiger partial charge < -0.3 is 25.8 Å². The Kier molecular flexibility index (Phi) is 6.17. The normalized spacial score (nSPS) is 11.6. The summed E-state index contributed by atoms with van der Waals surface area (Å²) < 4.78 is 4.45. The Morgan fingerprint density at radius 1 is 1.45 bits per heavy atom. The zero-order chi connectivity index (χ0) is 15.1. The molecule has 108 valence electrons. The number of rotatable bonds is 6. The van der Waals surface area contributed by atoms with Crippen LogP contribution in [0.5, 0.6) is 0 Å². The summed E-state index contributed by atoms with van der Waals surface area (Å²) in [6, 6.07) is 5.33. The number of methoxy groups -OCH3 is 1. The molecule has 1 aromatic rings. The number of nitrogens with one attached hydrogen (secondary N) is 1. The molecule has 20 heavy (non-hydrogen) atoms. The Balaban J connectivity index is 2.50. The summed E-state index contributed by atoms with van der Waals surface area (Å²) >= 11 is 0. The van der Waals surface area contributed by atoms with E-state index < -0.39 is 19.1 Å². The maximum Gasteiger partial charge on any atom is 0.488 e. The molecule has 0 spiro atoms. The number of anilines is 1. The van der Waals surface area contributed by atoms with Crippen LogP contribution < -0.4 is 16.5 Å². The summed E-state index contributed by atoms with van der Waals surface area (Å²) in [5.41, 5.74) is 6.22. The number of amides is 1. The molecule has 7 nitrogen and oxygen atoms in total. The van der Waals surface area contributed by atoms with Crippen molar-refractivity contribution in [3.63, 3.8) is 0 Å². The van der Waals surface area contributed by atoms with Gasteiger partial charge in [-0.15, -0.1) is 0 Å². The predicted molar refractivity (Wildman–Crippen MR) is 74.1 cm³/mol. The van der Waals surface area contributed by atoms with Crippen molar-refractivity contribution in [3.8, 4) is 0 Å². The van der Waals surface area contributed by atoms with Gasteiger partial charge in [-0.1, -0.05) is 12.1 Å². The van der Waals surface area contributed by atoms with Gasteiger partial charge >= 0.3 is 13.1 Å². The Morgan fingerprint density at radius 3 is 2.75 bits per heavy atom. The predicted octanol–water partition coefficient (Wildman–Crippen LogP) is -1.41. The fraction of sp³-hybridized carbons (Fsp3) is 0.333. The van der Waals surface area contributed by atoms with E-state index in [0.717, 1.165) is 0 Å². The number of hydrogen-bond donors (Lipinski definition) is 4. The van der Waals surface area contributed by atoms with Gasteiger partial charge in [-0.25, -0.2) is 0 Å². The van der Waals surface area contributed by atoms with Crippen LogP contribution in [-0.2, 0) is 14.3 Å². The molecule has 0 bridgehead atoms. The molecule has 0 saturated carbocycles. The van der Waals surface area contributed by atoms with Crippen LogP contribution in [0, 0.1) is 0 Å². The van der Waals surface area contributed by atoms with Gasteiger partial charge in [-0.05, 0) is 24.0 Å². The van der Waals surface area contributed by atoms with Crippen LogP contribution in [0.15, 0.2) is 24.3 Å². The minimum atomic E-state index is -1.60. The molecule has 0 saturated heterocycles. The van der Waals surface area contributed by atoms with Crippen molar-refractivity contribution in [1.82, 2.24) is 0 Å². The molecule has 1 rings (SSSR count). The topological polar surface area (TPSA) is 122 Å². The molecule has 0 heterocycles. The first kappa shape index (κ1) is 16.2. The molecule has 8 heteroatoms. The van der Waals surface area contributed by atoms with Crippen LogP contribution >= 0.6 is 0 Å². The van der Waals surface area contributed by atoms with E-state index >= 15 is 0 Å². The number of ether oxygens (including phenoxy) is 1. The van der Waals surface area contributed by atoms with Crippen LogP contribution in [0.25, 0.3) is 0 Å². The summed E-state index contributed by atoms with van der Waals surface area (Å²) in [5, 5.41) is 20.6. The van der Waals surface area contributed by atoms with Crippen molar-refractivity contribution < 1.29 is 24.4 Å². The number of esters is 1. The Hall–Kier alpha value is -1.90. The van der Waals surface area contributed by atoms with E-state index in [0.29, 0.717) is 5.69 Å². The quantitative estimate of drug-likeness (QED) is 0.375. The Bertz CT molecular complexity index is 481. The zero-order valence-electron chi connectivity index (χ0n) is 11.1. The van der Waals surface area contributed by atoms with Gasteiger partial charge in [-0.3, -0.25) is 9.59 Å². The highest BCUT2D eigenvalue weighted by Crippen LogP contribution is 2.06. The van der Waals surface area contributed by atoms with Crippen LogP contribution in [0.3, 0.4) is 0 Å². The average Bonchev–Trinajstić information content (AvgIpc) is 2.44. The highest BCUT2D eigenvalue weighted by molar-refractivity contribution is 6.58. The van der Waals surface area contributed by atoms with Gasteiger partial charge in [0.15, 0.2) is 0 Å². The smallest absolute Gasteiger partial charge is 0.468 e. The molecule has 0 unspecified atom stereocenters. The highest BCUT2D eigenvalue weighted by Gasteiger charge is 2.16. The largest absolute Gasteiger partial charge is 0.488 e. The van der Waals surface area contributed by atoms with Crippen molar-refractivity contribution >= 4 is 30.1 Å². The summed E-state index contributed by atoms with van der Waals surface area (Å²) in [6.07, 6.45) is 0.225. The maximum absolute atomic E-state index is 11.7. The number of benzene rings is 1. The van der Waals surface area contributed by atoms with Gasteiger partial charge in [0.2, 0.25) is 5.91 Å². The van der Waals surface area contributed by atoms with Crippen molar-refractivity contribution in [2.24, 2.45) is 5.73 Å². The van der Waals surface area contributed by atoms with Gasteiger partial charge in [-0.2, -0.15) is 0 Å². The Labute approximate surface area is 116 Å². The van der Waals surface area contributed by atoms with E-state index in [9.17, 15) is 9.59 Å². The average molecular weight is 280 g/mol. The SMILES string of the molecule is COC(=O)[C@@H](N)CCC(=O)Nc1cccc(B(O)O)c1. The van der Waals surface area contributed by atoms with E-state index in [1.165, 1.54) is 19.2 Å². The first-order valence-electron chi connectivity index (χ1n) is 6.03. The molecule has 0 radical (unpaired) electrons. The maximum atomic E-state index is 11.7. The first-order valence-corrected chi connectivity index (χ1v) is 6.03. The molecule has 0 aliphatic heterocycles. The van der Waals surface area contributed by atoms with Gasteiger partial charge in [0.05, 0.1) is 7.11 Å². The molecule has 1 amide bonds. The molecule has 0 fully saturated rings. The molecule has 1 aromatic carbocycles. The third-order valence-electron chi connectivity index (χ3n) is 2.65. The van der Waals surface area contributed by atoms with Crippen LogP contribution in [0.4, 0.5) is 5.69 Å². The highest BCUT2D eigenvalue weighted by atomic mass is 16.5. The molecule has 0 aromatic heterocycles. The molecule has 5 N–H and O–H groups in total. The summed E-state index contributed by atoms with van der Waals surface area (Å²) in [6.45, 7) is 0. The third kappa shape index (κ3) is 5.00. The lowest BCUT2D eigenvalue weighted by molar-refractivity contribution is -0.142. The van der Waals surface area contributed by atoms with Gasteiger partial charge in [0, 0.05) is 12.1 Å². The van der Waals surface area contributed by atoms with Gasteiger partial charge in [0.1, 0.15) is 6.04 Å². The second kappa shape index (κ2) is 7.64.